The molecule has 2 N–H and O–H groups in total. The van der Waals surface area contributed by atoms with Crippen molar-refractivity contribution in [2.45, 2.75) is 38.5 Å². The normalized spacial score (nSPS) is 21.8. The maximum absolute atomic E-state index is 12.2. The van der Waals surface area contributed by atoms with Crippen molar-refractivity contribution < 1.29 is 19.4 Å². The number of rotatable bonds is 5. The number of carbonyl (C=O) groups excluding carboxylic acids is 2. The van der Waals surface area contributed by atoms with E-state index in [1.165, 1.54) is 11.8 Å². The van der Waals surface area contributed by atoms with Crippen LogP contribution in [0.5, 0.6) is 5.75 Å². The number of likely N-dealkylation sites (tertiary alicyclic amines) is 1. The zero-order chi connectivity index (χ0) is 17.0. The van der Waals surface area contributed by atoms with Crippen LogP contribution < -0.4 is 10.1 Å². The first-order valence-corrected chi connectivity index (χ1v) is 7.90. The first kappa shape index (κ1) is 17.6. The Morgan fingerprint density at radius 1 is 1.48 bits per heavy atom. The third-order valence-corrected chi connectivity index (χ3v) is 4.03. The molecule has 23 heavy (non-hydrogen) atoms. The van der Waals surface area contributed by atoms with Gasteiger partial charge >= 0.3 is 0 Å². The Labute approximate surface area is 140 Å². The molecule has 1 aliphatic rings. The number of nitrogens with one attached hydrogen (secondary N) is 1. The minimum Gasteiger partial charge on any atom is -0.487 e. The molecule has 7 heteroatoms. The van der Waals surface area contributed by atoms with Crippen molar-refractivity contribution in [3.8, 4) is 5.75 Å². The first-order valence-electron chi connectivity index (χ1n) is 7.52. The van der Waals surface area contributed by atoms with Gasteiger partial charge in [-0.2, -0.15) is 0 Å². The molecule has 0 spiro atoms. The summed E-state index contributed by atoms with van der Waals surface area (Å²) < 4.78 is 5.68. The van der Waals surface area contributed by atoms with Gasteiger partial charge in [-0.15, -0.1) is 0 Å². The minimum atomic E-state index is -0.661. The highest BCUT2D eigenvalue weighted by Crippen LogP contribution is 2.24. The van der Waals surface area contributed by atoms with Gasteiger partial charge in [0.15, 0.2) is 0 Å². The lowest BCUT2D eigenvalue weighted by Crippen LogP contribution is -2.47. The van der Waals surface area contributed by atoms with Crippen LogP contribution in [-0.4, -0.2) is 53.2 Å². The summed E-state index contributed by atoms with van der Waals surface area (Å²) in [4.78, 5) is 25.1. The molecule has 2 rings (SSSR count). The van der Waals surface area contributed by atoms with Crippen LogP contribution in [0.3, 0.4) is 0 Å². The summed E-state index contributed by atoms with van der Waals surface area (Å²) in [6, 6.07) is 6.48. The fraction of sp³-hybridized carbons (Fsp3) is 0.500. The molecule has 2 amide bonds. The Morgan fingerprint density at radius 2 is 2.17 bits per heavy atom. The average Bonchev–Trinajstić information content (AvgIpc) is 2.89. The highest BCUT2D eigenvalue weighted by Gasteiger charge is 2.37. The average molecular weight is 341 g/mol. The number of aliphatic hydroxyl groups is 1. The largest absolute Gasteiger partial charge is 0.487 e. The highest BCUT2D eigenvalue weighted by atomic mass is 35.5. The van der Waals surface area contributed by atoms with Gasteiger partial charge in [-0.1, -0.05) is 23.7 Å². The molecule has 126 valence electrons. The zero-order valence-electron chi connectivity index (χ0n) is 13.2. The summed E-state index contributed by atoms with van der Waals surface area (Å²) in [5.41, 5.74) is 0. The molecular weight excluding hydrogens is 320 g/mol. The van der Waals surface area contributed by atoms with Gasteiger partial charge in [0.2, 0.25) is 11.8 Å². The molecule has 0 aliphatic carbocycles. The predicted octanol–water partition coefficient (Wildman–Crippen LogP) is 1.21. The number of hydrogen-bond acceptors (Lipinski definition) is 4. The van der Waals surface area contributed by atoms with Crippen LogP contribution >= 0.6 is 11.6 Å². The SMILES string of the molecule is CC(=O)N1C[C@@H](O)C[C@@H]1C(=O)NC[C@H](C)Oc1ccccc1Cl. The third-order valence-electron chi connectivity index (χ3n) is 3.71. The molecule has 1 aromatic carbocycles. The lowest BCUT2D eigenvalue weighted by molar-refractivity contribution is -0.137. The van der Waals surface area contributed by atoms with Gasteiger partial charge < -0.3 is 20.1 Å². The first-order chi connectivity index (χ1) is 10.9. The Balaban J connectivity index is 1.86. The van der Waals surface area contributed by atoms with Crippen molar-refractivity contribution in [1.82, 2.24) is 10.2 Å². The van der Waals surface area contributed by atoms with E-state index >= 15 is 0 Å². The minimum absolute atomic E-state index is 0.194. The van der Waals surface area contributed by atoms with Crippen LogP contribution in [0.2, 0.25) is 5.02 Å². The van der Waals surface area contributed by atoms with Crippen LogP contribution in [-0.2, 0) is 9.59 Å². The summed E-state index contributed by atoms with van der Waals surface area (Å²) in [6.07, 6.45) is -0.687. The molecule has 3 atom stereocenters. The van der Waals surface area contributed by atoms with E-state index in [9.17, 15) is 14.7 Å². The molecule has 0 aromatic heterocycles. The summed E-state index contributed by atoms with van der Waals surface area (Å²) >= 11 is 6.02. The zero-order valence-corrected chi connectivity index (χ0v) is 13.9. The van der Waals surface area contributed by atoms with E-state index in [0.29, 0.717) is 10.8 Å². The lowest BCUT2D eigenvalue weighted by Gasteiger charge is -2.23. The van der Waals surface area contributed by atoms with Crippen molar-refractivity contribution in [3.63, 3.8) is 0 Å². The van der Waals surface area contributed by atoms with Gasteiger partial charge in [-0.25, -0.2) is 0 Å². The van der Waals surface area contributed by atoms with Crippen LogP contribution in [0, 0.1) is 0 Å². The van der Waals surface area contributed by atoms with Gasteiger partial charge in [0, 0.05) is 19.9 Å². The lowest BCUT2D eigenvalue weighted by atomic mass is 10.2. The smallest absolute Gasteiger partial charge is 0.243 e. The summed E-state index contributed by atoms with van der Waals surface area (Å²) in [6.45, 7) is 3.68. The maximum atomic E-state index is 12.2. The van der Waals surface area contributed by atoms with Gasteiger partial charge in [0.05, 0.1) is 17.7 Å². The molecule has 0 bridgehead atoms. The quantitative estimate of drug-likeness (QED) is 0.844. The second-order valence-electron chi connectivity index (χ2n) is 5.68. The molecule has 0 unspecified atom stereocenters. The number of carbonyl (C=O) groups is 2. The number of amides is 2. The maximum Gasteiger partial charge on any atom is 0.243 e. The fourth-order valence-electron chi connectivity index (χ4n) is 2.57. The standard InChI is InChI=1S/C16H21ClN2O4/c1-10(23-15-6-4-3-5-13(15)17)8-18-16(22)14-7-12(21)9-19(14)11(2)20/h3-6,10,12,14,21H,7-9H2,1-2H3,(H,18,22)/t10-,12-,14+/m0/s1. The number of ether oxygens (including phenoxy) is 1. The molecule has 1 fully saturated rings. The van der Waals surface area contributed by atoms with E-state index in [2.05, 4.69) is 5.32 Å². The van der Waals surface area contributed by atoms with Gasteiger partial charge in [0.25, 0.3) is 0 Å². The van der Waals surface area contributed by atoms with E-state index in [1.807, 2.05) is 19.1 Å². The van der Waals surface area contributed by atoms with Gasteiger partial charge in [-0.3, -0.25) is 9.59 Å². The Hall–Kier alpha value is -1.79. The number of halogens is 1. The van der Waals surface area contributed by atoms with Crippen molar-refractivity contribution in [2.24, 2.45) is 0 Å². The number of nitrogens with zero attached hydrogens (tertiary/aromatic N) is 1. The van der Waals surface area contributed by atoms with E-state index in [-0.39, 0.29) is 37.4 Å². The van der Waals surface area contributed by atoms with Crippen molar-refractivity contribution >= 4 is 23.4 Å². The number of para-hydroxylation sites is 1. The van der Waals surface area contributed by atoms with Crippen molar-refractivity contribution in [3.05, 3.63) is 29.3 Å². The number of β-amino-alcohol motifs (C(OH)–C–C–N with tert-alkyl or cyclic N) is 1. The second kappa shape index (κ2) is 7.66. The van der Waals surface area contributed by atoms with Crippen LogP contribution in [0.25, 0.3) is 0 Å². The van der Waals surface area contributed by atoms with Crippen molar-refractivity contribution in [1.29, 1.82) is 0 Å². The summed E-state index contributed by atoms with van der Waals surface area (Å²) in [7, 11) is 0. The molecule has 1 heterocycles. The van der Waals surface area contributed by atoms with E-state index < -0.39 is 12.1 Å². The van der Waals surface area contributed by atoms with Crippen LogP contribution in [0.4, 0.5) is 0 Å². The van der Waals surface area contributed by atoms with E-state index in [4.69, 9.17) is 16.3 Å². The molecule has 6 nitrogen and oxygen atoms in total. The third kappa shape index (κ3) is 4.59. The summed E-state index contributed by atoms with van der Waals surface area (Å²) in [5.74, 6) is 0.0472. The molecule has 0 radical (unpaired) electrons. The number of hydrogen-bond donors (Lipinski definition) is 2. The van der Waals surface area contributed by atoms with Gasteiger partial charge in [0.1, 0.15) is 17.9 Å². The Morgan fingerprint density at radius 3 is 2.83 bits per heavy atom. The van der Waals surface area contributed by atoms with Crippen LogP contribution in [0.15, 0.2) is 24.3 Å². The van der Waals surface area contributed by atoms with Gasteiger partial charge in [-0.05, 0) is 19.1 Å². The molecular formula is C16H21ClN2O4. The fourth-order valence-corrected chi connectivity index (χ4v) is 2.75. The second-order valence-corrected chi connectivity index (χ2v) is 6.09. The molecule has 0 saturated carbocycles. The molecule has 1 aliphatic heterocycles. The predicted molar refractivity (Wildman–Crippen MR) is 86.4 cm³/mol. The molecule has 1 saturated heterocycles. The number of aliphatic hydroxyl groups excluding tert-OH is 1. The monoisotopic (exact) mass is 340 g/mol. The van der Waals surface area contributed by atoms with Crippen molar-refractivity contribution in [2.75, 3.05) is 13.1 Å². The molecule has 1 aromatic rings. The topological polar surface area (TPSA) is 78.9 Å². The Bertz CT molecular complexity index is 581. The van der Waals surface area contributed by atoms with E-state index in [1.54, 1.807) is 12.1 Å². The summed E-state index contributed by atoms with van der Waals surface area (Å²) in [5, 5.41) is 12.9. The Kier molecular flexibility index (Phi) is 5.85. The number of benzene rings is 1. The highest BCUT2D eigenvalue weighted by molar-refractivity contribution is 6.32. The van der Waals surface area contributed by atoms with Crippen LogP contribution in [0.1, 0.15) is 20.3 Å². The van der Waals surface area contributed by atoms with E-state index in [0.717, 1.165) is 0 Å².